The van der Waals surface area contributed by atoms with E-state index in [4.69, 9.17) is 10.00 Å². The molecule has 0 spiro atoms. The molecule has 0 radical (unpaired) electrons. The summed E-state index contributed by atoms with van der Waals surface area (Å²) in [5.41, 5.74) is 0.683. The Balaban J connectivity index is 2.66. The number of nitrogens with one attached hydrogen (secondary N) is 1. The van der Waals surface area contributed by atoms with Gasteiger partial charge in [0.05, 0.1) is 17.3 Å². The molecule has 0 saturated heterocycles. The van der Waals surface area contributed by atoms with E-state index in [1.54, 1.807) is 52.0 Å². The summed E-state index contributed by atoms with van der Waals surface area (Å²) in [4.78, 5) is 15.7. The van der Waals surface area contributed by atoms with Gasteiger partial charge in [0.2, 0.25) is 0 Å². The molecule has 1 amide bonds. The number of amides is 1. The quantitative estimate of drug-likeness (QED) is 0.622. The van der Waals surface area contributed by atoms with Crippen LogP contribution in [0.5, 0.6) is 0 Å². The third-order valence-corrected chi connectivity index (χ3v) is 1.98. The zero-order valence-corrected chi connectivity index (χ0v) is 11.5. The number of amidine groups is 1. The molecule has 0 aliphatic heterocycles. The number of nitriles is 1. The number of carbonyl (C=O) groups excluding carboxylic acids is 1. The summed E-state index contributed by atoms with van der Waals surface area (Å²) in [6.07, 6.45) is -0.539. The standard InChI is InChI=1S/C14H17N3O2/c1-10(17-13(18)19-14(2,3)4)16-12-7-5-11(9-15)6-8-12/h5-8H,1-4H3,(H,16,17,18). The van der Waals surface area contributed by atoms with Gasteiger partial charge < -0.3 is 4.74 Å². The van der Waals surface area contributed by atoms with Crippen LogP contribution in [-0.2, 0) is 4.74 Å². The highest BCUT2D eigenvalue weighted by molar-refractivity contribution is 5.95. The molecule has 0 fully saturated rings. The highest BCUT2D eigenvalue weighted by Gasteiger charge is 2.16. The lowest BCUT2D eigenvalue weighted by Gasteiger charge is -2.19. The number of rotatable bonds is 1. The van der Waals surface area contributed by atoms with E-state index in [1.165, 1.54) is 0 Å². The molecule has 0 aliphatic rings. The predicted molar refractivity (Wildman–Crippen MR) is 73.3 cm³/mol. The molecule has 100 valence electrons. The van der Waals surface area contributed by atoms with Gasteiger partial charge in [0, 0.05) is 0 Å². The fourth-order valence-corrected chi connectivity index (χ4v) is 1.28. The molecule has 0 saturated carbocycles. The average Bonchev–Trinajstić information content (AvgIpc) is 2.27. The second-order valence-corrected chi connectivity index (χ2v) is 4.98. The molecule has 5 nitrogen and oxygen atoms in total. The van der Waals surface area contributed by atoms with E-state index in [0.717, 1.165) is 0 Å². The second-order valence-electron chi connectivity index (χ2n) is 4.98. The van der Waals surface area contributed by atoms with Crippen LogP contribution in [0.3, 0.4) is 0 Å². The summed E-state index contributed by atoms with van der Waals surface area (Å²) in [5, 5.41) is 11.2. The summed E-state index contributed by atoms with van der Waals surface area (Å²) in [6.45, 7) is 7.04. The van der Waals surface area contributed by atoms with Gasteiger partial charge in [-0.25, -0.2) is 9.79 Å². The first-order valence-corrected chi connectivity index (χ1v) is 5.85. The maximum absolute atomic E-state index is 11.5. The molecule has 1 aromatic carbocycles. The average molecular weight is 259 g/mol. The Kier molecular flexibility index (Phi) is 4.65. The summed E-state index contributed by atoms with van der Waals surface area (Å²) in [5.74, 6) is 0.430. The fraction of sp³-hybridized carbons (Fsp3) is 0.357. The maximum Gasteiger partial charge on any atom is 0.413 e. The molecular formula is C14H17N3O2. The highest BCUT2D eigenvalue weighted by atomic mass is 16.6. The van der Waals surface area contributed by atoms with Crippen molar-refractivity contribution in [3.8, 4) is 6.07 Å². The zero-order chi connectivity index (χ0) is 14.5. The lowest BCUT2D eigenvalue weighted by molar-refractivity contribution is 0.0563. The van der Waals surface area contributed by atoms with Gasteiger partial charge in [0.1, 0.15) is 11.4 Å². The predicted octanol–water partition coefficient (Wildman–Crippen LogP) is 3.13. The Morgan fingerprint density at radius 3 is 2.37 bits per heavy atom. The van der Waals surface area contributed by atoms with E-state index in [9.17, 15) is 4.79 Å². The van der Waals surface area contributed by atoms with Crippen LogP contribution in [0.25, 0.3) is 0 Å². The summed E-state index contributed by atoms with van der Waals surface area (Å²) in [7, 11) is 0. The first-order chi connectivity index (χ1) is 8.80. The van der Waals surface area contributed by atoms with E-state index >= 15 is 0 Å². The summed E-state index contributed by atoms with van der Waals surface area (Å²) >= 11 is 0. The minimum Gasteiger partial charge on any atom is -0.444 e. The summed E-state index contributed by atoms with van der Waals surface area (Å²) < 4.78 is 5.11. The lowest BCUT2D eigenvalue weighted by atomic mass is 10.2. The Morgan fingerprint density at radius 1 is 1.32 bits per heavy atom. The van der Waals surface area contributed by atoms with Crippen LogP contribution in [0.1, 0.15) is 33.3 Å². The molecule has 1 N–H and O–H groups in total. The first kappa shape index (κ1) is 14.7. The van der Waals surface area contributed by atoms with Crippen molar-refractivity contribution in [3.63, 3.8) is 0 Å². The van der Waals surface area contributed by atoms with Crippen molar-refractivity contribution in [2.45, 2.75) is 33.3 Å². The number of ether oxygens (including phenoxy) is 1. The van der Waals surface area contributed by atoms with E-state index in [1.807, 2.05) is 6.07 Å². The molecule has 1 aromatic rings. The lowest BCUT2D eigenvalue weighted by Crippen LogP contribution is -2.35. The highest BCUT2D eigenvalue weighted by Crippen LogP contribution is 2.12. The number of aliphatic imine (C=N–C) groups is 1. The van der Waals surface area contributed by atoms with Crippen molar-refractivity contribution in [1.29, 1.82) is 5.26 Å². The number of nitrogens with zero attached hydrogens (tertiary/aromatic N) is 2. The van der Waals surface area contributed by atoms with Crippen molar-refractivity contribution in [2.24, 2.45) is 4.99 Å². The fourth-order valence-electron chi connectivity index (χ4n) is 1.28. The minimum absolute atomic E-state index is 0.430. The maximum atomic E-state index is 11.5. The molecule has 0 bridgehead atoms. The van der Waals surface area contributed by atoms with Gasteiger partial charge in [-0.3, -0.25) is 5.32 Å². The van der Waals surface area contributed by atoms with Crippen LogP contribution < -0.4 is 5.32 Å². The third kappa shape index (κ3) is 5.68. The van der Waals surface area contributed by atoms with Crippen molar-refractivity contribution >= 4 is 17.6 Å². The normalized spacial score (nSPS) is 11.6. The molecule has 19 heavy (non-hydrogen) atoms. The van der Waals surface area contributed by atoms with Gasteiger partial charge in [-0.15, -0.1) is 0 Å². The Morgan fingerprint density at radius 2 is 1.89 bits per heavy atom. The number of hydrogen-bond donors (Lipinski definition) is 1. The Labute approximate surface area is 112 Å². The molecule has 1 rings (SSSR count). The van der Waals surface area contributed by atoms with Crippen LogP contribution >= 0.6 is 0 Å². The summed E-state index contributed by atoms with van der Waals surface area (Å²) in [6, 6.07) is 8.77. The van der Waals surface area contributed by atoms with E-state index in [-0.39, 0.29) is 0 Å². The van der Waals surface area contributed by atoms with Gasteiger partial charge in [-0.05, 0) is 52.0 Å². The monoisotopic (exact) mass is 259 g/mol. The van der Waals surface area contributed by atoms with E-state index in [2.05, 4.69) is 10.3 Å². The molecular weight excluding hydrogens is 242 g/mol. The van der Waals surface area contributed by atoms with Crippen molar-refractivity contribution in [3.05, 3.63) is 29.8 Å². The van der Waals surface area contributed by atoms with Crippen LogP contribution in [-0.4, -0.2) is 17.5 Å². The Bertz CT molecular complexity index is 519. The number of hydrogen-bond acceptors (Lipinski definition) is 4. The van der Waals surface area contributed by atoms with Crippen molar-refractivity contribution in [1.82, 2.24) is 5.32 Å². The minimum atomic E-state index is -0.543. The second kappa shape index (κ2) is 6.01. The van der Waals surface area contributed by atoms with Crippen LogP contribution in [0.2, 0.25) is 0 Å². The van der Waals surface area contributed by atoms with Crippen molar-refractivity contribution < 1.29 is 9.53 Å². The van der Waals surface area contributed by atoms with E-state index in [0.29, 0.717) is 17.1 Å². The van der Waals surface area contributed by atoms with Crippen molar-refractivity contribution in [2.75, 3.05) is 0 Å². The topological polar surface area (TPSA) is 74.5 Å². The number of alkyl carbamates (subject to hydrolysis) is 1. The van der Waals surface area contributed by atoms with Crippen LogP contribution in [0.15, 0.2) is 29.3 Å². The van der Waals surface area contributed by atoms with Gasteiger partial charge in [-0.2, -0.15) is 5.26 Å². The number of benzene rings is 1. The zero-order valence-electron chi connectivity index (χ0n) is 11.5. The molecule has 0 unspecified atom stereocenters. The Hall–Kier alpha value is -2.35. The van der Waals surface area contributed by atoms with Crippen LogP contribution in [0.4, 0.5) is 10.5 Å². The third-order valence-electron chi connectivity index (χ3n) is 1.98. The molecule has 5 heteroatoms. The van der Waals surface area contributed by atoms with Gasteiger partial charge in [0.15, 0.2) is 0 Å². The van der Waals surface area contributed by atoms with Crippen LogP contribution in [0, 0.1) is 11.3 Å². The number of carbonyl (C=O) groups is 1. The van der Waals surface area contributed by atoms with E-state index < -0.39 is 11.7 Å². The molecule has 0 aromatic heterocycles. The smallest absolute Gasteiger partial charge is 0.413 e. The van der Waals surface area contributed by atoms with Gasteiger partial charge >= 0.3 is 6.09 Å². The van der Waals surface area contributed by atoms with Gasteiger partial charge in [0.25, 0.3) is 0 Å². The molecule has 0 atom stereocenters. The van der Waals surface area contributed by atoms with Gasteiger partial charge in [-0.1, -0.05) is 0 Å². The molecule has 0 aliphatic carbocycles. The first-order valence-electron chi connectivity index (χ1n) is 5.85. The molecule has 0 heterocycles. The SMILES string of the molecule is CC(=Nc1ccc(C#N)cc1)NC(=O)OC(C)(C)C. The largest absolute Gasteiger partial charge is 0.444 e.